The van der Waals surface area contributed by atoms with E-state index in [1.807, 2.05) is 0 Å². The lowest BCUT2D eigenvalue weighted by atomic mass is 9.98. The van der Waals surface area contributed by atoms with Crippen LogP contribution < -0.4 is 49.4 Å². The van der Waals surface area contributed by atoms with E-state index in [0.29, 0.717) is 22.4 Å². The molecule has 39 heteroatoms. The Morgan fingerprint density at radius 1 is 0.571 bits per heavy atom. The molecule has 3 saturated heterocycles. The number of nitrogens with zero attached hydrogens (tertiary/aromatic N) is 5. The number of nitrogens with one attached hydrogen (secondary N) is 3. The fraction of sp³-hybridized carbons (Fsp3) is 0.388. The molecule has 4 aromatic rings. The smallest absolute Gasteiger partial charge is 0.493 e. The number of esters is 1. The summed E-state index contributed by atoms with van der Waals surface area (Å²) in [5.41, 5.74) is 0.321. The Morgan fingerprint density at radius 3 is 1.51 bits per heavy atom. The van der Waals surface area contributed by atoms with Gasteiger partial charge in [-0.15, -0.1) is 0 Å². The van der Waals surface area contributed by atoms with Crippen molar-refractivity contribution in [2.75, 3.05) is 88.7 Å². The highest BCUT2D eigenvalue weighted by Gasteiger charge is 2.58. The normalized spacial score (nSPS) is 20.0. The minimum absolute atomic E-state index is 0.00276. The molecule has 5 aliphatic heterocycles. The second-order valence-electron chi connectivity index (χ2n) is 27.2. The number of carbonyl (C=O) groups excluding carboxylic acids is 11. The maximum Gasteiger partial charge on any atom is 0.509 e. The molecule has 636 valence electrons. The van der Waals surface area contributed by atoms with Gasteiger partial charge in [-0.2, -0.15) is 0 Å². The van der Waals surface area contributed by atoms with E-state index < -0.39 is 183 Å². The summed E-state index contributed by atoms with van der Waals surface area (Å²) in [6.07, 6.45) is -16.0. The van der Waals surface area contributed by atoms with Crippen LogP contribution >= 0.6 is 0 Å². The van der Waals surface area contributed by atoms with E-state index in [-0.39, 0.29) is 116 Å². The van der Waals surface area contributed by atoms with E-state index in [4.69, 9.17) is 75.8 Å². The zero-order valence-corrected chi connectivity index (χ0v) is 65.5. The maximum absolute atomic E-state index is 14.7. The molecule has 9 rings (SSSR count). The van der Waals surface area contributed by atoms with Crippen molar-refractivity contribution in [3.05, 3.63) is 187 Å². The van der Waals surface area contributed by atoms with Crippen LogP contribution in [0.4, 0.5) is 51.5 Å². The number of amides is 7. The molecule has 0 aliphatic carbocycles. The van der Waals surface area contributed by atoms with Crippen LogP contribution in [0.2, 0.25) is 0 Å². The highest BCUT2D eigenvalue weighted by Crippen LogP contribution is 2.45. The molecule has 3 fully saturated rings. The number of aliphatic hydroxyl groups is 2. The Hall–Kier alpha value is -13.7. The number of methoxy groups -OCH3 is 2. The summed E-state index contributed by atoms with van der Waals surface area (Å²) < 4.78 is 88.9. The highest BCUT2D eigenvalue weighted by atomic mass is 16.8. The van der Waals surface area contributed by atoms with Crippen molar-refractivity contribution in [1.29, 1.82) is 0 Å². The highest BCUT2D eigenvalue weighted by molar-refractivity contribution is 6.07. The average molecular weight is 1660 g/mol. The third kappa shape index (κ3) is 21.9. The molecule has 0 bridgehead atoms. The summed E-state index contributed by atoms with van der Waals surface area (Å²) in [5, 5.41) is 45.1. The molecule has 0 spiro atoms. The number of alkyl carbamates (subject to hydrolysis) is 1. The molecule has 5 aliphatic rings. The zero-order valence-electron chi connectivity index (χ0n) is 65.5. The van der Waals surface area contributed by atoms with Gasteiger partial charge in [0.15, 0.2) is 59.5 Å². The van der Waals surface area contributed by atoms with Crippen LogP contribution in [0, 0.1) is 16.0 Å². The number of nitro benzene ring substituents is 1. The number of ether oxygens (including phenoxy) is 16. The van der Waals surface area contributed by atoms with E-state index in [1.165, 1.54) is 79.5 Å². The van der Waals surface area contributed by atoms with Gasteiger partial charge in [-0.3, -0.25) is 29.3 Å². The first-order valence-corrected chi connectivity index (χ1v) is 36.9. The van der Waals surface area contributed by atoms with Crippen molar-refractivity contribution in [2.45, 2.75) is 121 Å². The predicted molar refractivity (Wildman–Crippen MR) is 415 cm³/mol. The van der Waals surface area contributed by atoms with Gasteiger partial charge in [-0.05, 0) is 67.1 Å². The monoisotopic (exact) mass is 1660 g/mol. The van der Waals surface area contributed by atoms with Crippen LogP contribution in [0.3, 0.4) is 0 Å². The van der Waals surface area contributed by atoms with E-state index in [1.54, 1.807) is 26.0 Å². The molecule has 4 aromatic carbocycles. The third-order valence-corrected chi connectivity index (χ3v) is 18.5. The van der Waals surface area contributed by atoms with Gasteiger partial charge in [0, 0.05) is 43.4 Å². The molecule has 5 N–H and O–H groups in total. The van der Waals surface area contributed by atoms with Gasteiger partial charge in [-0.25, -0.2) is 43.4 Å². The molecule has 7 amide bonds. The Morgan fingerprint density at radius 2 is 1.03 bits per heavy atom. The minimum atomic E-state index is -2.25. The number of benzene rings is 4. The summed E-state index contributed by atoms with van der Waals surface area (Å²) >= 11 is 0. The Kier molecular flexibility index (Phi) is 30.9. The Bertz CT molecular complexity index is 4570. The van der Waals surface area contributed by atoms with Gasteiger partial charge in [0.1, 0.15) is 58.3 Å². The van der Waals surface area contributed by atoms with Crippen molar-refractivity contribution in [2.24, 2.45) is 5.92 Å². The van der Waals surface area contributed by atoms with Crippen LogP contribution in [0.5, 0.6) is 28.7 Å². The SMILES string of the molecule is C=CCOC(=O)N[C@H](C(=O)N[C@@H](C)C(=O)Nc1ccc(COC(=O)N2c3cc(OCCCOc4cc5c(cc4OC)C(=O)N4CC(=C)C[C@H]4[C@H](O)N5C(=O)OCc4ccc(O[C@@H]5O[C@H](C(=O)OCC=C)[C@@H](OC(=O)OCC=C)[C@H](OC(=O)OCC=C)[C@H]5OC(=O)OCC=C)c([N+](=O)[O-])c4)c(OC)cc3C(=O)N3CC(=C)C[C@H]3[C@@H]2O)cc1)C(C)C. The summed E-state index contributed by atoms with van der Waals surface area (Å²) in [6.45, 7) is 26.9. The zero-order chi connectivity index (χ0) is 86.5. The van der Waals surface area contributed by atoms with Gasteiger partial charge < -0.3 is 112 Å². The summed E-state index contributed by atoms with van der Waals surface area (Å²) in [6, 6.07) is 10.3. The topological polar surface area (TPSA) is 468 Å². The second kappa shape index (κ2) is 41.2. The van der Waals surface area contributed by atoms with Gasteiger partial charge in [-0.1, -0.05) is 120 Å². The number of nitro groups is 1. The first-order valence-electron chi connectivity index (χ1n) is 36.9. The number of rotatable bonds is 35. The van der Waals surface area contributed by atoms with Crippen molar-refractivity contribution in [1.82, 2.24) is 20.4 Å². The minimum Gasteiger partial charge on any atom is -0.493 e. The van der Waals surface area contributed by atoms with Crippen LogP contribution in [0.15, 0.2) is 154 Å². The van der Waals surface area contributed by atoms with Crippen molar-refractivity contribution < 1.29 is 144 Å². The second-order valence-corrected chi connectivity index (χ2v) is 27.2. The van der Waals surface area contributed by atoms with Crippen LogP contribution in [0.25, 0.3) is 0 Å². The van der Waals surface area contributed by atoms with Gasteiger partial charge >= 0.3 is 48.4 Å². The van der Waals surface area contributed by atoms with E-state index in [2.05, 4.69) is 62.0 Å². The number of fused-ring (bicyclic) bond motifs is 4. The molecule has 119 heavy (non-hydrogen) atoms. The molecule has 0 aromatic heterocycles. The van der Waals surface area contributed by atoms with Crippen molar-refractivity contribution >= 4 is 89.1 Å². The maximum atomic E-state index is 14.7. The van der Waals surface area contributed by atoms with Gasteiger partial charge in [0.05, 0.1) is 66.9 Å². The van der Waals surface area contributed by atoms with E-state index in [0.717, 1.165) is 46.2 Å². The molecule has 0 radical (unpaired) electrons. The molecular formula is C80H90N8O31. The molecule has 0 saturated carbocycles. The number of aliphatic hydroxyl groups excluding tert-OH is 2. The lowest BCUT2D eigenvalue weighted by Crippen LogP contribution is -2.64. The number of carbonyl (C=O) groups is 11. The Labute approximate surface area is 681 Å². The number of hydrogen-bond donors (Lipinski definition) is 5. The predicted octanol–water partition coefficient (Wildman–Crippen LogP) is 8.29. The summed E-state index contributed by atoms with van der Waals surface area (Å²) in [7, 11) is 2.61. The average Bonchev–Trinajstić information content (AvgIpc) is 1.62. The first-order chi connectivity index (χ1) is 57.0. The lowest BCUT2D eigenvalue weighted by molar-refractivity contribution is -0.387. The molecule has 11 atom stereocenters. The van der Waals surface area contributed by atoms with Crippen molar-refractivity contribution in [3.63, 3.8) is 0 Å². The van der Waals surface area contributed by atoms with E-state index in [9.17, 15) is 73.1 Å². The van der Waals surface area contributed by atoms with Crippen LogP contribution in [-0.4, -0.2) is 232 Å². The Balaban J connectivity index is 0.913. The fourth-order valence-electron chi connectivity index (χ4n) is 12.9. The molecule has 5 heterocycles. The summed E-state index contributed by atoms with van der Waals surface area (Å²) in [5.74, 6) is -4.86. The quantitative estimate of drug-likeness (QED) is 0.00721. The number of hydrogen-bond acceptors (Lipinski definition) is 31. The molecule has 39 nitrogen and oxygen atoms in total. The molecule has 0 unspecified atom stereocenters. The third-order valence-electron chi connectivity index (χ3n) is 18.5. The first kappa shape index (κ1) is 89.2. The largest absolute Gasteiger partial charge is 0.509 e. The van der Waals surface area contributed by atoms with Crippen molar-refractivity contribution in [3.8, 4) is 28.7 Å². The molecular weight excluding hydrogens is 1570 g/mol. The standard InChI is InChI=1S/C80H90N8O31/c1-13-25-108-73(95)65-63(117-78(99)110-27-15-3)64(118-79(100)111-28-16-4)66(119-80(101)112-29-17-5)74(116-65)115-57-24-21-48(34-54(57)88(102)103)42-114-77(98)87-53-38-61(59(105-12)36-51(53)70(92)85-40-45(9)33-56(85)72(87)94)107-31-18-30-106-60-37-52-50(35-58(60)104-11)69(91)84-39-44(8)32-55(84)71(93)86(52)76(97)113-41-47-19-22-49(23-20-47)82-67(89)46(10)81-68(90)62(43(6)7)83-75(96)109-26-14-2/h13-17,19-24,34-38,43,46,55-56,62-66,71-72,74,93-94H,1-5,8-9,18,25-33,39-42H2,6-7,10-12H3,(H,81,90)(H,82,89)(H,83,96)/t46-,55-,56-,62-,63-,64-,65-,66+,71-,72-,74+/m0/s1. The van der Waals surface area contributed by atoms with Gasteiger partial charge in [0.25, 0.3) is 11.8 Å². The fourth-order valence-corrected chi connectivity index (χ4v) is 12.9. The lowest BCUT2D eigenvalue weighted by Gasteiger charge is -2.42. The number of anilines is 3. The van der Waals surface area contributed by atoms with Crippen LogP contribution in [0.1, 0.15) is 71.9 Å². The summed E-state index contributed by atoms with van der Waals surface area (Å²) in [4.78, 5) is 167. The van der Waals surface area contributed by atoms with E-state index >= 15 is 0 Å². The van der Waals surface area contributed by atoms with Crippen LogP contribution in [-0.2, 0) is 79.7 Å². The van der Waals surface area contributed by atoms with Gasteiger partial charge in [0.2, 0.25) is 24.2 Å².